The van der Waals surface area contributed by atoms with Crippen molar-refractivity contribution in [2.24, 2.45) is 5.92 Å². The van der Waals surface area contributed by atoms with Crippen molar-refractivity contribution < 1.29 is 22.7 Å². The summed E-state index contributed by atoms with van der Waals surface area (Å²) >= 11 is 0. The van der Waals surface area contributed by atoms with Gasteiger partial charge in [0.25, 0.3) is 10.0 Å². The number of nitrogens with zero attached hydrogens (tertiary/aromatic N) is 3. The molecule has 1 aromatic heterocycles. The molecule has 1 aliphatic heterocycles. The van der Waals surface area contributed by atoms with Crippen molar-refractivity contribution in [2.45, 2.75) is 37.8 Å². The number of nitrogens with one attached hydrogen (secondary N) is 1. The summed E-state index contributed by atoms with van der Waals surface area (Å²) < 4.78 is 39.3. The Morgan fingerprint density at radius 1 is 1.17 bits per heavy atom. The first-order valence-corrected chi connectivity index (χ1v) is 11.3. The molecular weight excluding hydrogens is 408 g/mol. The van der Waals surface area contributed by atoms with Gasteiger partial charge in [-0.05, 0) is 38.8 Å². The maximum atomic E-state index is 12.8. The molecule has 1 fully saturated rings. The fourth-order valence-corrected chi connectivity index (χ4v) is 4.77. The summed E-state index contributed by atoms with van der Waals surface area (Å²) in [6, 6.07) is 5.29. The van der Waals surface area contributed by atoms with Crippen LogP contribution in [0.25, 0.3) is 0 Å². The van der Waals surface area contributed by atoms with E-state index in [-0.39, 0.29) is 36.0 Å². The van der Waals surface area contributed by atoms with Gasteiger partial charge in [0.05, 0.1) is 20.5 Å². The average molecular weight is 437 g/mol. The highest BCUT2D eigenvalue weighted by molar-refractivity contribution is 7.89. The highest BCUT2D eigenvalue weighted by Crippen LogP contribution is 2.31. The molecule has 0 spiro atoms. The van der Waals surface area contributed by atoms with E-state index in [1.165, 1.54) is 17.7 Å². The third-order valence-corrected chi connectivity index (χ3v) is 7.04. The Morgan fingerprint density at radius 2 is 1.83 bits per heavy atom. The number of aromatic nitrogens is 2. The maximum absolute atomic E-state index is 12.8. The van der Waals surface area contributed by atoms with Crippen molar-refractivity contribution in [3.63, 3.8) is 0 Å². The molecule has 1 saturated heterocycles. The van der Waals surface area contributed by atoms with Gasteiger partial charge in [0.1, 0.15) is 0 Å². The molecule has 30 heavy (non-hydrogen) atoms. The lowest BCUT2D eigenvalue weighted by Crippen LogP contribution is -2.41. The van der Waals surface area contributed by atoms with E-state index in [1.54, 1.807) is 36.1 Å². The van der Waals surface area contributed by atoms with E-state index in [4.69, 9.17) is 9.47 Å². The topological polar surface area (TPSA) is 103 Å². The number of methoxy groups -OCH3 is 2. The zero-order valence-electron chi connectivity index (χ0n) is 17.7. The minimum absolute atomic E-state index is 0.0458. The standard InChI is InChI=1S/C20H28N4O5S/c1-14(2)23-12-19(21-13-23)30(26,27)24-9-7-15(8-10-24)20(25)22-16-5-6-17(28-3)18(11-16)29-4/h5-6,11-15H,7-10H2,1-4H3,(H,22,25). The first-order chi connectivity index (χ1) is 14.3. The predicted octanol–water partition coefficient (Wildman–Crippen LogP) is 2.52. The molecule has 0 radical (unpaired) electrons. The first kappa shape index (κ1) is 22.1. The molecular formula is C20H28N4O5S. The molecule has 0 bridgehead atoms. The second-order valence-corrected chi connectivity index (χ2v) is 9.38. The number of rotatable bonds is 7. The molecule has 1 N–H and O–H groups in total. The van der Waals surface area contributed by atoms with E-state index in [2.05, 4.69) is 10.3 Å². The number of ether oxygens (including phenoxy) is 2. The lowest BCUT2D eigenvalue weighted by molar-refractivity contribution is -0.120. The molecule has 1 aromatic carbocycles. The third-order valence-electron chi connectivity index (χ3n) is 5.25. The summed E-state index contributed by atoms with van der Waals surface area (Å²) in [7, 11) is -0.582. The van der Waals surface area contributed by atoms with Crippen LogP contribution in [0.1, 0.15) is 32.7 Å². The van der Waals surface area contributed by atoms with Gasteiger partial charge in [0.2, 0.25) is 5.91 Å². The molecule has 9 nitrogen and oxygen atoms in total. The van der Waals surface area contributed by atoms with E-state index in [9.17, 15) is 13.2 Å². The van der Waals surface area contributed by atoms with Crippen LogP contribution in [-0.4, -0.2) is 55.5 Å². The van der Waals surface area contributed by atoms with Gasteiger partial charge in [0, 0.05) is 43.0 Å². The minimum Gasteiger partial charge on any atom is -0.493 e. The van der Waals surface area contributed by atoms with Crippen molar-refractivity contribution in [3.05, 3.63) is 30.7 Å². The number of hydrogen-bond donors (Lipinski definition) is 1. The van der Waals surface area contributed by atoms with Gasteiger partial charge in [-0.2, -0.15) is 4.31 Å². The Morgan fingerprint density at radius 3 is 2.40 bits per heavy atom. The maximum Gasteiger partial charge on any atom is 0.262 e. The second-order valence-electron chi connectivity index (χ2n) is 7.49. The van der Waals surface area contributed by atoms with Crippen molar-refractivity contribution in [1.29, 1.82) is 0 Å². The summed E-state index contributed by atoms with van der Waals surface area (Å²) in [6.07, 6.45) is 3.98. The molecule has 1 amide bonds. The van der Waals surface area contributed by atoms with Crippen LogP contribution < -0.4 is 14.8 Å². The Hall–Kier alpha value is -2.59. The van der Waals surface area contributed by atoms with Crippen LogP contribution in [0.3, 0.4) is 0 Å². The van der Waals surface area contributed by atoms with E-state index >= 15 is 0 Å². The first-order valence-electron chi connectivity index (χ1n) is 9.82. The molecule has 1 aliphatic rings. The Labute approximate surface area is 177 Å². The number of piperidine rings is 1. The number of hydrogen-bond acceptors (Lipinski definition) is 6. The van der Waals surface area contributed by atoms with E-state index < -0.39 is 10.0 Å². The molecule has 2 heterocycles. The lowest BCUT2D eigenvalue weighted by Gasteiger charge is -2.30. The second kappa shape index (κ2) is 9.05. The average Bonchev–Trinajstić information content (AvgIpc) is 3.25. The third kappa shape index (κ3) is 4.59. The van der Waals surface area contributed by atoms with Crippen LogP contribution in [0.4, 0.5) is 5.69 Å². The summed E-state index contributed by atoms with van der Waals surface area (Å²) in [5, 5.41) is 2.93. The van der Waals surface area contributed by atoms with Crippen LogP contribution in [0.15, 0.2) is 35.7 Å². The quantitative estimate of drug-likeness (QED) is 0.715. The van der Waals surface area contributed by atoms with Gasteiger partial charge in [0.15, 0.2) is 16.5 Å². The number of carbonyl (C=O) groups excluding carboxylic acids is 1. The fraction of sp³-hybridized carbons (Fsp3) is 0.500. The Bertz CT molecular complexity index is 994. The van der Waals surface area contributed by atoms with E-state index in [1.807, 2.05) is 13.8 Å². The Balaban J connectivity index is 1.61. The molecule has 164 valence electrons. The number of carbonyl (C=O) groups is 1. The van der Waals surface area contributed by atoms with Gasteiger partial charge in [-0.1, -0.05) is 0 Å². The van der Waals surface area contributed by atoms with E-state index in [0.29, 0.717) is 30.0 Å². The summed E-state index contributed by atoms with van der Waals surface area (Å²) in [6.45, 7) is 4.48. The molecule has 0 atom stereocenters. The predicted molar refractivity (Wildman–Crippen MR) is 112 cm³/mol. The lowest BCUT2D eigenvalue weighted by atomic mass is 9.97. The normalized spacial score (nSPS) is 15.9. The van der Waals surface area contributed by atoms with Gasteiger partial charge >= 0.3 is 0 Å². The van der Waals surface area contributed by atoms with Crippen LogP contribution in [-0.2, 0) is 14.8 Å². The zero-order chi connectivity index (χ0) is 21.9. The largest absolute Gasteiger partial charge is 0.493 e. The van der Waals surface area contributed by atoms with Crippen LogP contribution >= 0.6 is 0 Å². The summed E-state index contributed by atoms with van der Waals surface area (Å²) in [5.41, 5.74) is 0.604. The molecule has 0 saturated carbocycles. The van der Waals surface area contributed by atoms with Crippen molar-refractivity contribution in [3.8, 4) is 11.5 Å². The van der Waals surface area contributed by atoms with Crippen molar-refractivity contribution in [2.75, 3.05) is 32.6 Å². The number of sulfonamides is 1. The van der Waals surface area contributed by atoms with Crippen molar-refractivity contribution >= 4 is 21.6 Å². The number of anilines is 1. The monoisotopic (exact) mass is 436 g/mol. The van der Waals surface area contributed by atoms with Gasteiger partial charge in [-0.3, -0.25) is 4.79 Å². The summed E-state index contributed by atoms with van der Waals surface area (Å²) in [5.74, 6) is 0.701. The molecule has 0 unspecified atom stereocenters. The van der Waals surface area contributed by atoms with Gasteiger partial charge in [-0.15, -0.1) is 0 Å². The van der Waals surface area contributed by atoms with Crippen LogP contribution in [0.2, 0.25) is 0 Å². The van der Waals surface area contributed by atoms with Gasteiger partial charge in [-0.25, -0.2) is 13.4 Å². The highest BCUT2D eigenvalue weighted by atomic mass is 32.2. The van der Waals surface area contributed by atoms with Crippen LogP contribution in [0, 0.1) is 5.92 Å². The summed E-state index contributed by atoms with van der Waals surface area (Å²) in [4.78, 5) is 16.7. The van der Waals surface area contributed by atoms with Crippen LogP contribution in [0.5, 0.6) is 11.5 Å². The molecule has 0 aliphatic carbocycles. The highest BCUT2D eigenvalue weighted by Gasteiger charge is 2.33. The smallest absolute Gasteiger partial charge is 0.262 e. The minimum atomic E-state index is -3.66. The SMILES string of the molecule is COc1ccc(NC(=O)C2CCN(S(=O)(=O)c3cn(C(C)C)cn3)CC2)cc1OC. The number of imidazole rings is 1. The van der Waals surface area contributed by atoms with Gasteiger partial charge < -0.3 is 19.4 Å². The Kier molecular flexibility index (Phi) is 6.67. The van der Waals surface area contributed by atoms with Crippen molar-refractivity contribution in [1.82, 2.24) is 13.9 Å². The molecule has 2 aromatic rings. The molecule has 3 rings (SSSR count). The fourth-order valence-electron chi connectivity index (χ4n) is 3.38. The zero-order valence-corrected chi connectivity index (χ0v) is 18.5. The molecule has 10 heteroatoms. The van der Waals surface area contributed by atoms with E-state index in [0.717, 1.165) is 0 Å². The number of benzene rings is 1. The number of amides is 1.